The number of H-pyrrole nitrogens is 1. The van der Waals surface area contributed by atoms with Crippen LogP contribution in [0.25, 0.3) is 0 Å². The smallest absolute Gasteiger partial charge is 0.251 e. The third-order valence-electron chi connectivity index (χ3n) is 4.33. The van der Waals surface area contributed by atoms with Crippen LogP contribution in [0.4, 0.5) is 0 Å². The fourth-order valence-electron chi connectivity index (χ4n) is 3.01. The van der Waals surface area contributed by atoms with Crippen LogP contribution >= 0.6 is 11.8 Å². The van der Waals surface area contributed by atoms with Gasteiger partial charge < -0.3 is 9.88 Å². The average molecular weight is 402 g/mol. The maximum absolute atomic E-state index is 12.7. The van der Waals surface area contributed by atoms with E-state index in [-0.39, 0.29) is 34.8 Å². The molecule has 7 nitrogen and oxygen atoms in total. The second kappa shape index (κ2) is 9.55. The van der Waals surface area contributed by atoms with Crippen LogP contribution in [0.2, 0.25) is 0 Å². The molecule has 2 heterocycles. The molecule has 0 spiro atoms. The van der Waals surface area contributed by atoms with Gasteiger partial charge in [-0.2, -0.15) is 0 Å². The van der Waals surface area contributed by atoms with E-state index in [1.54, 1.807) is 4.90 Å². The lowest BCUT2D eigenvalue weighted by Crippen LogP contribution is -2.42. The van der Waals surface area contributed by atoms with Gasteiger partial charge in [0.25, 0.3) is 5.56 Å². The van der Waals surface area contributed by atoms with Gasteiger partial charge in [-0.1, -0.05) is 38.5 Å². The second-order valence-corrected chi connectivity index (χ2v) is 9.77. The molecule has 2 rings (SSSR count). The molecular weight excluding hydrogens is 374 g/mol. The Morgan fingerprint density at radius 1 is 1.38 bits per heavy atom. The summed E-state index contributed by atoms with van der Waals surface area (Å²) in [4.78, 5) is 33.2. The van der Waals surface area contributed by atoms with Gasteiger partial charge >= 0.3 is 0 Å². The molecule has 0 bridgehead atoms. The van der Waals surface area contributed by atoms with Gasteiger partial charge in [0.1, 0.15) is 0 Å². The molecule has 1 unspecified atom stereocenters. The van der Waals surface area contributed by atoms with E-state index >= 15 is 0 Å². The first-order chi connectivity index (χ1) is 12.3. The molecular formula is C17H27N3O4S2. The first-order valence-corrected chi connectivity index (χ1v) is 11.9. The topological polar surface area (TPSA) is 100 Å². The quantitative estimate of drug-likeness (QED) is 0.499. The number of unbranched alkanes of at least 4 members (excludes halogenated alkanes) is 1. The van der Waals surface area contributed by atoms with Crippen molar-refractivity contribution in [1.82, 2.24) is 14.9 Å². The molecule has 146 valence electrons. The predicted octanol–water partition coefficient (Wildman–Crippen LogP) is 1.63. The van der Waals surface area contributed by atoms with Crippen LogP contribution < -0.4 is 5.56 Å². The van der Waals surface area contributed by atoms with Crippen LogP contribution in [0.5, 0.6) is 0 Å². The van der Waals surface area contributed by atoms with Crippen LogP contribution in [-0.4, -0.2) is 59.0 Å². The van der Waals surface area contributed by atoms with Gasteiger partial charge in [0.2, 0.25) is 5.91 Å². The SMILES string of the molecule is CCCCN(C(=O)CSc1nc(CCC)cc(=O)[nH]1)C1CCS(=O)(=O)C1. The Morgan fingerprint density at radius 3 is 2.77 bits per heavy atom. The van der Waals surface area contributed by atoms with E-state index in [4.69, 9.17) is 0 Å². The van der Waals surface area contributed by atoms with Gasteiger partial charge in [0.05, 0.1) is 17.3 Å². The molecule has 1 amide bonds. The lowest BCUT2D eigenvalue weighted by atomic mass is 10.2. The van der Waals surface area contributed by atoms with Gasteiger partial charge in [-0.05, 0) is 19.3 Å². The zero-order chi connectivity index (χ0) is 19.2. The van der Waals surface area contributed by atoms with Crippen LogP contribution in [0, 0.1) is 0 Å². The number of nitrogens with one attached hydrogen (secondary N) is 1. The highest BCUT2D eigenvalue weighted by Crippen LogP contribution is 2.21. The summed E-state index contributed by atoms with van der Waals surface area (Å²) in [5.74, 6) is 0.232. The van der Waals surface area contributed by atoms with Crippen molar-refractivity contribution in [3.63, 3.8) is 0 Å². The van der Waals surface area contributed by atoms with E-state index in [0.29, 0.717) is 24.5 Å². The zero-order valence-corrected chi connectivity index (χ0v) is 17.0. The largest absolute Gasteiger partial charge is 0.338 e. The van der Waals surface area contributed by atoms with Gasteiger partial charge in [-0.3, -0.25) is 9.59 Å². The number of carbonyl (C=O) groups is 1. The van der Waals surface area contributed by atoms with Gasteiger partial charge in [-0.15, -0.1) is 0 Å². The molecule has 0 saturated carbocycles. The molecule has 26 heavy (non-hydrogen) atoms. The highest BCUT2D eigenvalue weighted by molar-refractivity contribution is 7.99. The number of thioether (sulfide) groups is 1. The molecule has 1 aromatic rings. The number of hydrogen-bond acceptors (Lipinski definition) is 6. The number of aryl methyl sites for hydroxylation is 1. The normalized spacial score (nSPS) is 18.8. The van der Waals surface area contributed by atoms with Crippen molar-refractivity contribution in [3.05, 3.63) is 22.1 Å². The van der Waals surface area contributed by atoms with Crippen molar-refractivity contribution in [2.24, 2.45) is 0 Å². The first-order valence-electron chi connectivity index (χ1n) is 9.07. The summed E-state index contributed by atoms with van der Waals surface area (Å²) >= 11 is 1.20. The molecule has 1 aliphatic heterocycles. The Kier molecular flexibility index (Phi) is 7.69. The third-order valence-corrected chi connectivity index (χ3v) is 6.94. The van der Waals surface area contributed by atoms with E-state index in [9.17, 15) is 18.0 Å². The Labute approximate surface area is 158 Å². The lowest BCUT2D eigenvalue weighted by molar-refractivity contribution is -0.130. The van der Waals surface area contributed by atoms with E-state index in [2.05, 4.69) is 9.97 Å². The molecule has 1 aliphatic rings. The molecule has 0 radical (unpaired) electrons. The molecule has 0 aromatic carbocycles. The molecule has 1 N–H and O–H groups in total. The van der Waals surface area contributed by atoms with Crippen LogP contribution in [-0.2, 0) is 21.1 Å². The standard InChI is InChI=1S/C17H27N3O4S2/c1-3-5-8-20(14-7-9-26(23,24)12-14)16(22)11-25-17-18-13(6-4-2)10-15(21)19-17/h10,14H,3-9,11-12H2,1-2H3,(H,18,19,21). The molecule has 1 fully saturated rings. The molecule has 9 heteroatoms. The van der Waals surface area contributed by atoms with Crippen molar-refractivity contribution in [3.8, 4) is 0 Å². The summed E-state index contributed by atoms with van der Waals surface area (Å²) < 4.78 is 23.5. The van der Waals surface area contributed by atoms with E-state index in [1.165, 1.54) is 17.8 Å². The summed E-state index contributed by atoms with van der Waals surface area (Å²) in [5, 5.41) is 0.434. The van der Waals surface area contributed by atoms with Crippen molar-refractivity contribution in [2.75, 3.05) is 23.8 Å². The second-order valence-electron chi connectivity index (χ2n) is 6.58. The van der Waals surface area contributed by atoms with Crippen LogP contribution in [0.1, 0.15) is 45.2 Å². The summed E-state index contributed by atoms with van der Waals surface area (Å²) in [6.07, 6.45) is 3.89. The summed E-state index contributed by atoms with van der Waals surface area (Å²) in [7, 11) is -3.04. The third kappa shape index (κ3) is 6.12. The highest BCUT2D eigenvalue weighted by Gasteiger charge is 2.34. The fourth-order valence-corrected chi connectivity index (χ4v) is 5.52. The summed E-state index contributed by atoms with van der Waals surface area (Å²) in [5.41, 5.74) is 0.499. The van der Waals surface area contributed by atoms with Crippen molar-refractivity contribution in [2.45, 2.75) is 57.1 Å². The Morgan fingerprint density at radius 2 is 2.15 bits per heavy atom. The maximum atomic E-state index is 12.7. The van der Waals surface area contributed by atoms with E-state index in [0.717, 1.165) is 25.0 Å². The average Bonchev–Trinajstić information content (AvgIpc) is 2.93. The number of sulfone groups is 1. The maximum Gasteiger partial charge on any atom is 0.251 e. The van der Waals surface area contributed by atoms with Crippen molar-refractivity contribution < 1.29 is 13.2 Å². The number of hydrogen-bond donors (Lipinski definition) is 1. The summed E-state index contributed by atoms with van der Waals surface area (Å²) in [6, 6.07) is 1.24. The summed E-state index contributed by atoms with van der Waals surface area (Å²) in [6.45, 7) is 4.62. The number of amides is 1. The number of carbonyl (C=O) groups excluding carboxylic acids is 1. The van der Waals surface area contributed by atoms with Crippen molar-refractivity contribution in [1.29, 1.82) is 0 Å². The van der Waals surface area contributed by atoms with E-state index in [1.807, 2.05) is 13.8 Å². The number of aromatic nitrogens is 2. The van der Waals surface area contributed by atoms with E-state index < -0.39 is 9.84 Å². The molecule has 1 saturated heterocycles. The number of aromatic amines is 1. The monoisotopic (exact) mass is 401 g/mol. The zero-order valence-electron chi connectivity index (χ0n) is 15.4. The van der Waals surface area contributed by atoms with Crippen molar-refractivity contribution >= 4 is 27.5 Å². The Balaban J connectivity index is 2.04. The lowest BCUT2D eigenvalue weighted by Gasteiger charge is -2.28. The van der Waals surface area contributed by atoms with Gasteiger partial charge in [0, 0.05) is 24.3 Å². The fraction of sp³-hybridized carbons (Fsp3) is 0.706. The molecule has 1 aromatic heterocycles. The predicted molar refractivity (Wildman–Crippen MR) is 103 cm³/mol. The van der Waals surface area contributed by atoms with Crippen LogP contribution in [0.3, 0.4) is 0 Å². The Bertz CT molecular complexity index is 776. The Hall–Kier alpha value is -1.35. The minimum atomic E-state index is -3.04. The minimum Gasteiger partial charge on any atom is -0.338 e. The number of rotatable bonds is 9. The molecule has 0 aliphatic carbocycles. The number of nitrogens with zero attached hydrogens (tertiary/aromatic N) is 2. The highest BCUT2D eigenvalue weighted by atomic mass is 32.2. The minimum absolute atomic E-state index is 0.0498. The molecule has 1 atom stereocenters. The van der Waals surface area contributed by atoms with Gasteiger partial charge in [-0.25, -0.2) is 13.4 Å². The van der Waals surface area contributed by atoms with Gasteiger partial charge in [0.15, 0.2) is 15.0 Å². The first kappa shape index (κ1) is 21.0. The van der Waals surface area contributed by atoms with Crippen LogP contribution in [0.15, 0.2) is 16.0 Å².